The summed E-state index contributed by atoms with van der Waals surface area (Å²) in [4.78, 5) is 30.2. The molecule has 2 aromatic carbocycles. The summed E-state index contributed by atoms with van der Waals surface area (Å²) in [6, 6.07) is 12.1. The number of carbonyl (C=O) groups excluding carboxylic acids is 1. The summed E-state index contributed by atoms with van der Waals surface area (Å²) in [6.45, 7) is 0. The number of halogens is 3. The zero-order valence-electron chi connectivity index (χ0n) is 16.9. The van der Waals surface area contributed by atoms with Crippen molar-refractivity contribution in [1.82, 2.24) is 9.55 Å². The van der Waals surface area contributed by atoms with Gasteiger partial charge in [0.1, 0.15) is 5.75 Å². The Morgan fingerprint density at radius 2 is 1.81 bits per heavy atom. The lowest BCUT2D eigenvalue weighted by Crippen LogP contribution is -2.27. The molecule has 4 rings (SSSR count). The number of ether oxygens (including phenoxy) is 1. The van der Waals surface area contributed by atoms with Crippen LogP contribution in [0.2, 0.25) is 0 Å². The number of fused-ring (bicyclic) bond motifs is 1. The molecule has 0 unspecified atom stereocenters. The van der Waals surface area contributed by atoms with E-state index in [4.69, 9.17) is 0 Å². The molecule has 1 N–H and O–H groups in total. The van der Waals surface area contributed by atoms with Crippen LogP contribution in [-0.2, 0) is 4.79 Å². The molecule has 0 saturated heterocycles. The molecule has 1 amide bonds. The van der Waals surface area contributed by atoms with Crippen LogP contribution in [0.4, 0.5) is 18.9 Å². The summed E-state index contributed by atoms with van der Waals surface area (Å²) < 4.78 is 42.3. The number of rotatable bonds is 6. The number of aromatic nitrogens is 2. The van der Waals surface area contributed by atoms with Crippen molar-refractivity contribution in [1.29, 1.82) is 0 Å². The van der Waals surface area contributed by atoms with Crippen molar-refractivity contribution < 1.29 is 22.7 Å². The van der Waals surface area contributed by atoms with Gasteiger partial charge < -0.3 is 10.1 Å². The number of nitrogens with one attached hydrogen (secondary N) is 1. The zero-order valence-corrected chi connectivity index (χ0v) is 17.7. The minimum atomic E-state index is -4.77. The Kier molecular flexibility index (Phi) is 6.40. The molecule has 1 fully saturated rings. The second-order valence-electron chi connectivity index (χ2n) is 7.43. The van der Waals surface area contributed by atoms with Gasteiger partial charge >= 0.3 is 6.36 Å². The molecule has 0 radical (unpaired) electrons. The number of nitrogens with zero attached hydrogens (tertiary/aromatic N) is 2. The van der Waals surface area contributed by atoms with Crippen molar-refractivity contribution in [2.75, 3.05) is 11.1 Å². The molecule has 0 aliphatic heterocycles. The van der Waals surface area contributed by atoms with Crippen LogP contribution in [-0.4, -0.2) is 27.6 Å². The van der Waals surface area contributed by atoms with Crippen LogP contribution in [0.5, 0.6) is 5.75 Å². The number of hydrogen-bond donors (Lipinski definition) is 1. The Morgan fingerprint density at radius 3 is 2.50 bits per heavy atom. The SMILES string of the molecule is O=C(CSc1nc2ccccc2c(=O)n1C1CCCC1)Nc1ccc(OC(F)(F)F)cc1. The van der Waals surface area contributed by atoms with Crippen LogP contribution in [0.25, 0.3) is 10.9 Å². The Labute approximate surface area is 185 Å². The van der Waals surface area contributed by atoms with Gasteiger partial charge in [-0.25, -0.2) is 4.98 Å². The third kappa shape index (κ3) is 5.24. The molecule has 1 aliphatic rings. The van der Waals surface area contributed by atoms with E-state index in [1.165, 1.54) is 23.9 Å². The van der Waals surface area contributed by atoms with E-state index in [0.717, 1.165) is 37.8 Å². The number of carbonyl (C=O) groups is 1. The van der Waals surface area contributed by atoms with Gasteiger partial charge in [0, 0.05) is 11.7 Å². The predicted molar refractivity (Wildman–Crippen MR) is 116 cm³/mol. The van der Waals surface area contributed by atoms with Crippen LogP contribution in [0, 0.1) is 0 Å². The largest absolute Gasteiger partial charge is 0.573 e. The van der Waals surface area contributed by atoms with E-state index in [0.29, 0.717) is 21.7 Å². The molecule has 0 spiro atoms. The molecule has 6 nitrogen and oxygen atoms in total. The fourth-order valence-corrected chi connectivity index (χ4v) is 4.65. The third-order valence-corrected chi connectivity index (χ3v) is 6.12. The highest BCUT2D eigenvalue weighted by molar-refractivity contribution is 7.99. The highest BCUT2D eigenvalue weighted by atomic mass is 32.2. The molecular formula is C22H20F3N3O3S. The van der Waals surface area contributed by atoms with Gasteiger partial charge in [-0.1, -0.05) is 36.7 Å². The first kappa shape index (κ1) is 22.2. The minimum Gasteiger partial charge on any atom is -0.406 e. The molecule has 32 heavy (non-hydrogen) atoms. The third-order valence-electron chi connectivity index (χ3n) is 5.17. The summed E-state index contributed by atoms with van der Waals surface area (Å²) in [5.74, 6) is -0.733. The van der Waals surface area contributed by atoms with Gasteiger partial charge in [0.2, 0.25) is 5.91 Å². The van der Waals surface area contributed by atoms with Gasteiger partial charge in [0.25, 0.3) is 5.56 Å². The van der Waals surface area contributed by atoms with Crippen LogP contribution in [0.15, 0.2) is 58.5 Å². The Morgan fingerprint density at radius 1 is 1.12 bits per heavy atom. The van der Waals surface area contributed by atoms with Crippen molar-refractivity contribution in [2.24, 2.45) is 0 Å². The molecule has 1 saturated carbocycles. The van der Waals surface area contributed by atoms with Crippen LogP contribution >= 0.6 is 11.8 Å². The van der Waals surface area contributed by atoms with E-state index >= 15 is 0 Å². The number of anilines is 1. The second-order valence-corrected chi connectivity index (χ2v) is 8.38. The average Bonchev–Trinajstić information content (AvgIpc) is 3.27. The first-order chi connectivity index (χ1) is 15.3. The zero-order chi connectivity index (χ0) is 22.7. The summed E-state index contributed by atoms with van der Waals surface area (Å²) in [5, 5.41) is 3.67. The number of benzene rings is 2. The normalized spacial score (nSPS) is 14.6. The lowest BCUT2D eigenvalue weighted by atomic mass is 10.2. The average molecular weight is 463 g/mol. The molecule has 1 aliphatic carbocycles. The smallest absolute Gasteiger partial charge is 0.406 e. The first-order valence-corrected chi connectivity index (χ1v) is 11.1. The standard InChI is InChI=1S/C22H20F3N3O3S/c23-22(24,25)31-16-11-9-14(10-12-16)26-19(29)13-32-21-27-18-8-4-3-7-17(18)20(30)28(21)15-5-1-2-6-15/h3-4,7-12,15H,1-2,5-6,13H2,(H,26,29). The number of hydrogen-bond acceptors (Lipinski definition) is 5. The maximum absolute atomic E-state index is 13.1. The number of para-hydroxylation sites is 1. The van der Waals surface area contributed by atoms with Crippen LogP contribution in [0.3, 0.4) is 0 Å². The van der Waals surface area contributed by atoms with Crippen LogP contribution in [0.1, 0.15) is 31.7 Å². The van der Waals surface area contributed by atoms with Gasteiger partial charge in [-0.3, -0.25) is 14.2 Å². The highest BCUT2D eigenvalue weighted by Gasteiger charge is 2.31. The highest BCUT2D eigenvalue weighted by Crippen LogP contribution is 2.32. The molecule has 0 bridgehead atoms. The van der Waals surface area contributed by atoms with Crippen molar-refractivity contribution >= 4 is 34.3 Å². The maximum Gasteiger partial charge on any atom is 0.573 e. The van der Waals surface area contributed by atoms with E-state index in [2.05, 4.69) is 15.0 Å². The summed E-state index contributed by atoms with van der Waals surface area (Å²) in [6.07, 6.45) is -0.896. The van der Waals surface area contributed by atoms with Crippen molar-refractivity contribution in [3.8, 4) is 5.75 Å². The fraction of sp³-hybridized carbons (Fsp3) is 0.318. The van der Waals surface area contributed by atoms with E-state index in [1.54, 1.807) is 22.8 Å². The molecule has 168 valence electrons. The van der Waals surface area contributed by atoms with E-state index < -0.39 is 6.36 Å². The molecule has 0 atom stereocenters. The molecule has 1 aromatic heterocycles. The second kappa shape index (κ2) is 9.23. The molecule has 1 heterocycles. The van der Waals surface area contributed by atoms with E-state index in [9.17, 15) is 22.8 Å². The number of alkyl halides is 3. The summed E-state index contributed by atoms with van der Waals surface area (Å²) in [5.41, 5.74) is 0.811. The van der Waals surface area contributed by atoms with Crippen molar-refractivity contribution in [3.05, 3.63) is 58.9 Å². The van der Waals surface area contributed by atoms with Crippen molar-refractivity contribution in [2.45, 2.75) is 43.2 Å². The number of amides is 1. The predicted octanol–water partition coefficient (Wildman–Crippen LogP) is 5.14. The van der Waals surface area contributed by atoms with E-state index in [1.807, 2.05) is 6.07 Å². The van der Waals surface area contributed by atoms with Crippen molar-refractivity contribution in [3.63, 3.8) is 0 Å². The van der Waals surface area contributed by atoms with E-state index in [-0.39, 0.29) is 29.0 Å². The van der Waals surface area contributed by atoms with Gasteiger partial charge in [-0.2, -0.15) is 0 Å². The molecule has 3 aromatic rings. The summed E-state index contributed by atoms with van der Waals surface area (Å²) in [7, 11) is 0. The Balaban J connectivity index is 1.48. The molecular weight excluding hydrogens is 443 g/mol. The Bertz CT molecular complexity index is 1170. The fourth-order valence-electron chi connectivity index (χ4n) is 3.78. The lowest BCUT2D eigenvalue weighted by molar-refractivity contribution is -0.274. The summed E-state index contributed by atoms with van der Waals surface area (Å²) >= 11 is 1.17. The van der Waals surface area contributed by atoms with Gasteiger partial charge in [0.05, 0.1) is 16.7 Å². The monoisotopic (exact) mass is 463 g/mol. The molecule has 10 heteroatoms. The minimum absolute atomic E-state index is 0.00168. The quantitative estimate of drug-likeness (QED) is 0.405. The lowest BCUT2D eigenvalue weighted by Gasteiger charge is -2.18. The van der Waals surface area contributed by atoms with Gasteiger partial charge in [0.15, 0.2) is 5.16 Å². The number of thioether (sulfide) groups is 1. The van der Waals surface area contributed by atoms with Crippen LogP contribution < -0.4 is 15.6 Å². The maximum atomic E-state index is 13.1. The van der Waals surface area contributed by atoms with Gasteiger partial charge in [-0.05, 0) is 49.2 Å². The van der Waals surface area contributed by atoms with Gasteiger partial charge in [-0.15, -0.1) is 13.2 Å². The topological polar surface area (TPSA) is 73.2 Å². The first-order valence-electron chi connectivity index (χ1n) is 10.1. The Hall–Kier alpha value is -3.01.